The van der Waals surface area contributed by atoms with Gasteiger partial charge in [-0.3, -0.25) is 0 Å². The molecule has 2 aromatic heterocycles. The van der Waals surface area contributed by atoms with Crippen LogP contribution in [0.15, 0.2) is 200 Å². The quantitative estimate of drug-likeness (QED) is 0.169. The molecule has 0 N–H and O–H groups in total. The molecule has 1 aliphatic rings. The summed E-state index contributed by atoms with van der Waals surface area (Å²) in [6, 6.07) is 72.1. The zero-order valence-corrected chi connectivity index (χ0v) is 32.2. The van der Waals surface area contributed by atoms with Crippen molar-refractivity contribution >= 4 is 31.5 Å². The molecule has 1 atom stereocenters. The van der Waals surface area contributed by atoms with E-state index in [0.29, 0.717) is 5.82 Å². The first-order valence-electron chi connectivity index (χ1n) is 19.5. The minimum atomic E-state index is -0.260. The third-order valence-corrected chi connectivity index (χ3v) is 13.0. The molecule has 2 heterocycles. The molecule has 0 radical (unpaired) electrons. The first-order valence-corrected chi connectivity index (χ1v) is 20.3. The Morgan fingerprint density at radius 2 is 0.930 bits per heavy atom. The molecule has 57 heavy (non-hydrogen) atoms. The summed E-state index contributed by atoms with van der Waals surface area (Å²) in [4.78, 5) is 10.5. The van der Waals surface area contributed by atoms with Crippen LogP contribution in [0.25, 0.3) is 87.5 Å². The zero-order valence-electron chi connectivity index (χ0n) is 31.4. The molecule has 10 aromatic rings. The first kappa shape index (κ1) is 33.4. The van der Waals surface area contributed by atoms with Gasteiger partial charge in [-0.05, 0) is 81.3 Å². The highest BCUT2D eigenvalue weighted by atomic mass is 32.1. The number of fused-ring (bicyclic) bond motifs is 6. The third kappa shape index (κ3) is 5.46. The van der Waals surface area contributed by atoms with E-state index in [-0.39, 0.29) is 5.41 Å². The monoisotopic (exact) mass is 744 g/mol. The lowest BCUT2D eigenvalue weighted by Crippen LogP contribution is -2.22. The number of thiophene rings is 1. The van der Waals surface area contributed by atoms with E-state index in [1.54, 1.807) is 0 Å². The molecule has 8 aromatic carbocycles. The lowest BCUT2D eigenvalue weighted by molar-refractivity contribution is 0.714. The predicted octanol–water partition coefficient (Wildman–Crippen LogP) is 14.5. The standard InChI is InChI=1S/C54H36N2S/c1-54(40-22-6-3-7-23-40)46-29-10-8-25-45(46)51-41(26-15-30-47(51)54)36-18-12-20-38(32-36)48-34-49(56-53(55-48)35-16-4-2-5-17-35)39-21-13-19-37(33-39)42-27-14-28-44-43-24-9-11-31-50(43)57-52(42)44/h2-34H,1H3. The Morgan fingerprint density at radius 3 is 1.70 bits per heavy atom. The second-order valence-corrected chi connectivity index (χ2v) is 16.1. The van der Waals surface area contributed by atoms with Crippen LogP contribution in [0.4, 0.5) is 0 Å². The smallest absolute Gasteiger partial charge is 0.160 e. The van der Waals surface area contributed by atoms with Crippen molar-refractivity contribution in [3.05, 3.63) is 217 Å². The van der Waals surface area contributed by atoms with Crippen LogP contribution in [0.2, 0.25) is 0 Å². The van der Waals surface area contributed by atoms with Crippen molar-refractivity contribution < 1.29 is 0 Å². The Kier molecular flexibility index (Phi) is 7.84. The summed E-state index contributed by atoms with van der Waals surface area (Å²) in [5, 5.41) is 2.60. The Labute approximate surface area is 336 Å². The van der Waals surface area contributed by atoms with Crippen molar-refractivity contribution in [2.75, 3.05) is 0 Å². The first-order chi connectivity index (χ1) is 28.1. The average molecular weight is 745 g/mol. The summed E-state index contributed by atoms with van der Waals surface area (Å²) in [7, 11) is 0. The third-order valence-electron chi connectivity index (χ3n) is 11.8. The summed E-state index contributed by atoms with van der Waals surface area (Å²) < 4.78 is 2.61. The van der Waals surface area contributed by atoms with Gasteiger partial charge >= 0.3 is 0 Å². The molecule has 0 amide bonds. The Bertz CT molecular complexity index is 3140. The van der Waals surface area contributed by atoms with Crippen LogP contribution in [0.5, 0.6) is 0 Å². The Hall–Kier alpha value is -6.94. The van der Waals surface area contributed by atoms with E-state index in [9.17, 15) is 0 Å². The van der Waals surface area contributed by atoms with E-state index in [4.69, 9.17) is 9.97 Å². The molecule has 1 aliphatic carbocycles. The fourth-order valence-electron chi connectivity index (χ4n) is 8.99. The number of aromatic nitrogens is 2. The SMILES string of the molecule is CC1(c2ccccc2)c2ccccc2-c2c(-c3cccc(-c4cc(-c5cccc(-c6cccc7c6sc6ccccc67)c5)nc(-c5ccccc5)n4)c3)cccc21. The molecule has 11 rings (SSSR count). The largest absolute Gasteiger partial charge is 0.228 e. The summed E-state index contributed by atoms with van der Waals surface area (Å²) in [5.41, 5.74) is 16.0. The van der Waals surface area contributed by atoms with Crippen LogP contribution in [0, 0.1) is 0 Å². The minimum Gasteiger partial charge on any atom is -0.228 e. The lowest BCUT2D eigenvalue weighted by atomic mass is 9.74. The molecule has 0 fully saturated rings. The molecule has 0 bridgehead atoms. The molecule has 0 saturated heterocycles. The van der Waals surface area contributed by atoms with E-state index in [1.165, 1.54) is 64.7 Å². The molecule has 0 aliphatic heterocycles. The van der Waals surface area contributed by atoms with Gasteiger partial charge in [-0.2, -0.15) is 0 Å². The van der Waals surface area contributed by atoms with Crippen LogP contribution >= 0.6 is 11.3 Å². The van der Waals surface area contributed by atoms with Gasteiger partial charge in [-0.25, -0.2) is 9.97 Å². The van der Waals surface area contributed by atoms with Gasteiger partial charge in [-0.15, -0.1) is 11.3 Å². The minimum absolute atomic E-state index is 0.260. The van der Waals surface area contributed by atoms with Crippen molar-refractivity contribution in [2.45, 2.75) is 12.3 Å². The molecule has 3 heteroatoms. The summed E-state index contributed by atoms with van der Waals surface area (Å²) >= 11 is 1.86. The van der Waals surface area contributed by atoms with E-state index >= 15 is 0 Å². The van der Waals surface area contributed by atoms with Crippen molar-refractivity contribution in [3.63, 3.8) is 0 Å². The topological polar surface area (TPSA) is 25.8 Å². The van der Waals surface area contributed by atoms with Gasteiger partial charge in [0.2, 0.25) is 0 Å². The van der Waals surface area contributed by atoms with Gasteiger partial charge in [-0.1, -0.05) is 176 Å². The molecule has 268 valence electrons. The van der Waals surface area contributed by atoms with E-state index in [0.717, 1.165) is 33.6 Å². The fourth-order valence-corrected chi connectivity index (χ4v) is 10.2. The molecular weight excluding hydrogens is 709 g/mol. The van der Waals surface area contributed by atoms with Crippen LogP contribution in [0.1, 0.15) is 23.6 Å². The number of hydrogen-bond donors (Lipinski definition) is 0. The maximum Gasteiger partial charge on any atom is 0.160 e. The average Bonchev–Trinajstić information content (AvgIpc) is 3.80. The predicted molar refractivity (Wildman–Crippen MR) is 240 cm³/mol. The van der Waals surface area contributed by atoms with Gasteiger partial charge < -0.3 is 0 Å². The van der Waals surface area contributed by atoms with Gasteiger partial charge in [0.1, 0.15) is 0 Å². The van der Waals surface area contributed by atoms with Crippen molar-refractivity contribution in [1.82, 2.24) is 9.97 Å². The fraction of sp³-hybridized carbons (Fsp3) is 0.0370. The van der Waals surface area contributed by atoms with Gasteiger partial charge in [0.15, 0.2) is 5.82 Å². The highest BCUT2D eigenvalue weighted by Gasteiger charge is 2.41. The number of hydrogen-bond acceptors (Lipinski definition) is 3. The van der Waals surface area contributed by atoms with Crippen molar-refractivity contribution in [2.24, 2.45) is 0 Å². The van der Waals surface area contributed by atoms with Crippen molar-refractivity contribution in [3.8, 4) is 67.3 Å². The lowest BCUT2D eigenvalue weighted by Gasteiger charge is -2.28. The summed E-state index contributed by atoms with van der Waals surface area (Å²) in [5.74, 6) is 0.707. The summed E-state index contributed by atoms with van der Waals surface area (Å²) in [6.45, 7) is 2.37. The molecule has 2 nitrogen and oxygen atoms in total. The van der Waals surface area contributed by atoms with Crippen molar-refractivity contribution in [1.29, 1.82) is 0 Å². The Morgan fingerprint density at radius 1 is 0.404 bits per heavy atom. The van der Waals surface area contributed by atoms with E-state index in [2.05, 4.69) is 201 Å². The maximum absolute atomic E-state index is 5.24. The highest BCUT2D eigenvalue weighted by Crippen LogP contribution is 2.55. The van der Waals surface area contributed by atoms with Crippen LogP contribution in [-0.2, 0) is 5.41 Å². The van der Waals surface area contributed by atoms with Crippen LogP contribution in [0.3, 0.4) is 0 Å². The molecule has 1 unspecified atom stereocenters. The second-order valence-electron chi connectivity index (χ2n) is 15.0. The molecular formula is C54H36N2S. The van der Waals surface area contributed by atoms with Gasteiger partial charge in [0, 0.05) is 42.3 Å². The Balaban J connectivity index is 1.05. The van der Waals surface area contributed by atoms with E-state index in [1.807, 2.05) is 17.4 Å². The number of benzene rings is 8. The summed E-state index contributed by atoms with van der Waals surface area (Å²) in [6.07, 6.45) is 0. The highest BCUT2D eigenvalue weighted by molar-refractivity contribution is 7.26. The second kappa shape index (κ2) is 13.4. The van der Waals surface area contributed by atoms with Crippen LogP contribution in [-0.4, -0.2) is 9.97 Å². The van der Waals surface area contributed by atoms with Gasteiger partial charge in [0.25, 0.3) is 0 Å². The number of nitrogens with zero attached hydrogens (tertiary/aromatic N) is 2. The zero-order chi connectivity index (χ0) is 37.9. The van der Waals surface area contributed by atoms with Crippen LogP contribution < -0.4 is 0 Å². The molecule has 0 spiro atoms. The number of rotatable bonds is 6. The maximum atomic E-state index is 5.24. The van der Waals surface area contributed by atoms with E-state index < -0.39 is 0 Å². The normalized spacial score (nSPS) is 14.5. The van der Waals surface area contributed by atoms with Gasteiger partial charge in [0.05, 0.1) is 11.4 Å². The molecule has 0 saturated carbocycles.